The summed E-state index contributed by atoms with van der Waals surface area (Å²) in [6.07, 6.45) is 2.69. The van der Waals surface area contributed by atoms with Crippen molar-refractivity contribution in [3.8, 4) is 5.75 Å². The molecule has 8 nitrogen and oxygen atoms in total. The van der Waals surface area contributed by atoms with Crippen molar-refractivity contribution in [3.05, 3.63) is 53.9 Å². The highest BCUT2D eigenvalue weighted by Crippen LogP contribution is 2.21. The number of carbonyl (C=O) groups is 2. The first-order chi connectivity index (χ1) is 14.8. The molecule has 31 heavy (non-hydrogen) atoms. The van der Waals surface area contributed by atoms with Gasteiger partial charge in [-0.1, -0.05) is 6.07 Å². The molecule has 3 N–H and O–H groups in total. The van der Waals surface area contributed by atoms with E-state index in [-0.39, 0.29) is 30.1 Å². The van der Waals surface area contributed by atoms with Crippen LogP contribution in [0.3, 0.4) is 0 Å². The van der Waals surface area contributed by atoms with Crippen molar-refractivity contribution in [2.45, 2.75) is 32.0 Å². The van der Waals surface area contributed by atoms with Crippen LogP contribution in [0.15, 0.2) is 36.5 Å². The second-order valence-electron chi connectivity index (χ2n) is 6.69. The number of halogens is 2. The van der Waals surface area contributed by atoms with Crippen LogP contribution in [0.5, 0.6) is 5.75 Å². The zero-order valence-electron chi connectivity index (χ0n) is 17.3. The fourth-order valence-corrected chi connectivity index (χ4v) is 2.69. The molecule has 2 aromatic rings. The fourth-order valence-electron chi connectivity index (χ4n) is 2.69. The number of aromatic nitrogens is 1. The Kier molecular flexibility index (Phi) is 9.29. The van der Waals surface area contributed by atoms with Gasteiger partial charge in [0.15, 0.2) is 11.6 Å². The number of primary amides is 1. The van der Waals surface area contributed by atoms with E-state index in [0.29, 0.717) is 18.7 Å². The summed E-state index contributed by atoms with van der Waals surface area (Å²) in [5.41, 5.74) is 5.73. The summed E-state index contributed by atoms with van der Waals surface area (Å²) in [6, 6.07) is 6.84. The summed E-state index contributed by atoms with van der Waals surface area (Å²) < 4.78 is 40.6. The second-order valence-corrected chi connectivity index (χ2v) is 6.69. The van der Waals surface area contributed by atoms with E-state index in [1.165, 1.54) is 31.5 Å². The van der Waals surface area contributed by atoms with Crippen molar-refractivity contribution >= 4 is 17.5 Å². The van der Waals surface area contributed by atoms with Crippen molar-refractivity contribution < 1.29 is 32.6 Å². The number of hydrogen-bond donors (Lipinski definition) is 2. The van der Waals surface area contributed by atoms with Crippen LogP contribution in [0.4, 0.5) is 14.5 Å². The topological polar surface area (TPSA) is 113 Å². The summed E-state index contributed by atoms with van der Waals surface area (Å²) in [6.45, 7) is 2.48. The van der Waals surface area contributed by atoms with Crippen LogP contribution in [-0.2, 0) is 14.3 Å². The van der Waals surface area contributed by atoms with Gasteiger partial charge < -0.3 is 25.3 Å². The van der Waals surface area contributed by atoms with Crippen LogP contribution in [0.2, 0.25) is 0 Å². The van der Waals surface area contributed by atoms with E-state index >= 15 is 0 Å². The molecule has 1 aromatic carbocycles. The lowest BCUT2D eigenvalue weighted by atomic mass is 10.2. The Labute approximate surface area is 178 Å². The molecule has 168 valence electrons. The van der Waals surface area contributed by atoms with Gasteiger partial charge in [-0.05, 0) is 44.0 Å². The van der Waals surface area contributed by atoms with Gasteiger partial charge in [0.2, 0.25) is 5.82 Å². The third-order valence-electron chi connectivity index (χ3n) is 4.27. The minimum absolute atomic E-state index is 0.0861. The lowest BCUT2D eigenvalue weighted by molar-refractivity contribution is -0.126. The lowest BCUT2D eigenvalue weighted by Gasteiger charge is -2.11. The van der Waals surface area contributed by atoms with E-state index in [1.807, 2.05) is 6.92 Å². The quantitative estimate of drug-likeness (QED) is 0.644. The summed E-state index contributed by atoms with van der Waals surface area (Å²) in [5, 5.41) is 2.69. The SMILES string of the molecule is COCCOc1cccc(F)c1F.C[C@@H]1CC[C@H](C(=O)Nc2ccnc(C(N)=O)c2)O1. The highest BCUT2D eigenvalue weighted by Gasteiger charge is 2.28. The van der Waals surface area contributed by atoms with E-state index in [2.05, 4.69) is 10.3 Å². The van der Waals surface area contributed by atoms with Gasteiger partial charge in [-0.25, -0.2) is 4.39 Å². The van der Waals surface area contributed by atoms with E-state index in [4.69, 9.17) is 19.9 Å². The smallest absolute Gasteiger partial charge is 0.267 e. The minimum atomic E-state index is -0.960. The third kappa shape index (κ3) is 7.58. The molecule has 2 amide bonds. The number of anilines is 1. The maximum atomic E-state index is 12.9. The van der Waals surface area contributed by atoms with Crippen molar-refractivity contribution in [2.24, 2.45) is 5.73 Å². The maximum Gasteiger partial charge on any atom is 0.267 e. The van der Waals surface area contributed by atoms with Crippen molar-refractivity contribution in [1.82, 2.24) is 4.98 Å². The van der Waals surface area contributed by atoms with Gasteiger partial charge >= 0.3 is 0 Å². The first-order valence-corrected chi connectivity index (χ1v) is 9.59. The van der Waals surface area contributed by atoms with Crippen molar-refractivity contribution in [2.75, 3.05) is 25.6 Å². The van der Waals surface area contributed by atoms with Crippen molar-refractivity contribution in [1.29, 1.82) is 0 Å². The van der Waals surface area contributed by atoms with Gasteiger partial charge in [0.05, 0.1) is 12.7 Å². The predicted molar refractivity (Wildman–Crippen MR) is 109 cm³/mol. The highest BCUT2D eigenvalue weighted by atomic mass is 19.2. The molecule has 1 aromatic heterocycles. The molecule has 2 atom stereocenters. The van der Waals surface area contributed by atoms with E-state index in [1.54, 1.807) is 6.07 Å². The van der Waals surface area contributed by atoms with Gasteiger partial charge in [-0.15, -0.1) is 0 Å². The second kappa shape index (κ2) is 11.9. The zero-order chi connectivity index (χ0) is 22.8. The Bertz CT molecular complexity index is 897. The Hall–Kier alpha value is -3.11. The standard InChI is InChI=1S/C12H15N3O3.C9H10F2O2/c1-7-2-3-10(18-7)12(17)15-8-4-5-14-9(6-8)11(13)16;1-12-5-6-13-8-4-2-3-7(10)9(8)11/h4-7,10H,2-3H2,1H3,(H2,13,16)(H,14,15,17);2-4H,5-6H2,1H3/t7-,10-;/m1./s1. The maximum absolute atomic E-state index is 12.9. The third-order valence-corrected chi connectivity index (χ3v) is 4.27. The number of methoxy groups -OCH3 is 1. The van der Waals surface area contributed by atoms with Gasteiger partial charge in [0, 0.05) is 19.0 Å². The molecular weight excluding hydrogens is 412 g/mol. The first kappa shape index (κ1) is 24.2. The van der Waals surface area contributed by atoms with Crippen molar-refractivity contribution in [3.63, 3.8) is 0 Å². The average molecular weight is 437 g/mol. The van der Waals surface area contributed by atoms with E-state index in [0.717, 1.165) is 12.5 Å². The minimum Gasteiger partial charge on any atom is -0.488 e. The Morgan fingerprint density at radius 2 is 2.03 bits per heavy atom. The van der Waals surface area contributed by atoms with E-state index < -0.39 is 23.6 Å². The number of nitrogens with two attached hydrogens (primary N) is 1. The number of carbonyl (C=O) groups excluding carboxylic acids is 2. The summed E-state index contributed by atoms with van der Waals surface area (Å²) >= 11 is 0. The van der Waals surface area contributed by atoms with Gasteiger partial charge in [0.25, 0.3) is 11.8 Å². The summed E-state index contributed by atoms with van der Waals surface area (Å²) in [4.78, 5) is 26.6. The molecule has 0 radical (unpaired) electrons. The molecule has 0 bridgehead atoms. The molecule has 1 aliphatic heterocycles. The predicted octanol–water partition coefficient (Wildman–Crippen LogP) is 2.68. The number of amides is 2. The summed E-state index contributed by atoms with van der Waals surface area (Å²) in [5.74, 6) is -2.79. The highest BCUT2D eigenvalue weighted by molar-refractivity contribution is 5.96. The Morgan fingerprint density at radius 1 is 1.26 bits per heavy atom. The largest absolute Gasteiger partial charge is 0.488 e. The van der Waals surface area contributed by atoms with Gasteiger partial charge in [-0.2, -0.15) is 4.39 Å². The van der Waals surface area contributed by atoms with Crippen LogP contribution in [0, 0.1) is 11.6 Å². The van der Waals surface area contributed by atoms with Crippen LogP contribution < -0.4 is 15.8 Å². The molecule has 0 unspecified atom stereocenters. The molecule has 10 heteroatoms. The number of nitrogens with one attached hydrogen (secondary N) is 1. The van der Waals surface area contributed by atoms with Crippen LogP contribution >= 0.6 is 0 Å². The zero-order valence-corrected chi connectivity index (χ0v) is 17.3. The molecule has 0 aliphatic carbocycles. The molecule has 0 saturated carbocycles. The number of pyridine rings is 1. The molecular formula is C21H25F2N3O5. The number of nitrogens with zero attached hydrogens (tertiary/aromatic N) is 1. The number of hydrogen-bond acceptors (Lipinski definition) is 6. The lowest BCUT2D eigenvalue weighted by Crippen LogP contribution is -2.28. The Balaban J connectivity index is 0.000000233. The molecule has 1 fully saturated rings. The van der Waals surface area contributed by atoms with E-state index in [9.17, 15) is 18.4 Å². The van der Waals surface area contributed by atoms with Crippen LogP contribution in [0.1, 0.15) is 30.3 Å². The van der Waals surface area contributed by atoms with Gasteiger partial charge in [0.1, 0.15) is 18.4 Å². The fraction of sp³-hybridized carbons (Fsp3) is 0.381. The molecule has 2 heterocycles. The number of ether oxygens (including phenoxy) is 3. The number of benzene rings is 1. The molecule has 3 rings (SSSR count). The molecule has 0 spiro atoms. The number of rotatable bonds is 7. The summed E-state index contributed by atoms with van der Waals surface area (Å²) in [7, 11) is 1.51. The molecule has 1 saturated heterocycles. The van der Waals surface area contributed by atoms with Gasteiger partial charge in [-0.3, -0.25) is 14.6 Å². The van der Waals surface area contributed by atoms with Crippen LogP contribution in [0.25, 0.3) is 0 Å². The Morgan fingerprint density at radius 3 is 2.68 bits per heavy atom. The molecule has 1 aliphatic rings. The van der Waals surface area contributed by atoms with Crippen LogP contribution in [-0.4, -0.2) is 49.3 Å². The average Bonchev–Trinajstić information content (AvgIpc) is 3.18. The normalized spacial score (nSPS) is 17.4. The first-order valence-electron chi connectivity index (χ1n) is 9.59. The monoisotopic (exact) mass is 437 g/mol.